The van der Waals surface area contributed by atoms with Gasteiger partial charge in [-0.25, -0.2) is 0 Å². The van der Waals surface area contributed by atoms with Crippen molar-refractivity contribution in [3.63, 3.8) is 0 Å². The summed E-state index contributed by atoms with van der Waals surface area (Å²) in [7, 11) is 0. The standard InChI is InChI=1S/C18H23N3O2S/c22-17-13-24-18(20-17)21-19-10-15-7-4-8-16(9-15)12-23-11-14-5-2-1-3-6-14/h4,7-10,14H,1-3,5-6,11-13H2,(H,20,21,22). The number of ether oxygens (including phenoxy) is 1. The second-order valence-corrected chi connectivity index (χ2v) is 7.21. The lowest BCUT2D eigenvalue weighted by Gasteiger charge is -2.21. The minimum absolute atomic E-state index is 0.0222. The zero-order valence-corrected chi connectivity index (χ0v) is 14.6. The highest BCUT2D eigenvalue weighted by Crippen LogP contribution is 2.24. The van der Waals surface area contributed by atoms with Crippen LogP contribution in [0, 0.1) is 5.92 Å². The van der Waals surface area contributed by atoms with Crippen LogP contribution in [0.3, 0.4) is 0 Å². The normalized spacial score (nSPS) is 20.8. The summed E-state index contributed by atoms with van der Waals surface area (Å²) in [6.45, 7) is 1.50. The van der Waals surface area contributed by atoms with E-state index in [1.165, 1.54) is 43.9 Å². The molecule has 0 aromatic heterocycles. The lowest BCUT2D eigenvalue weighted by molar-refractivity contribution is -0.116. The van der Waals surface area contributed by atoms with Crippen molar-refractivity contribution in [3.05, 3.63) is 35.4 Å². The average Bonchev–Trinajstić information content (AvgIpc) is 3.02. The molecule has 1 saturated heterocycles. The van der Waals surface area contributed by atoms with Crippen molar-refractivity contribution < 1.29 is 9.53 Å². The Morgan fingerprint density at radius 2 is 2.17 bits per heavy atom. The third-order valence-electron chi connectivity index (χ3n) is 4.24. The molecule has 5 nitrogen and oxygen atoms in total. The van der Waals surface area contributed by atoms with E-state index in [0.717, 1.165) is 23.7 Å². The summed E-state index contributed by atoms with van der Waals surface area (Å²) in [6, 6.07) is 8.11. The maximum atomic E-state index is 11.1. The Balaban J connectivity index is 1.47. The minimum Gasteiger partial charge on any atom is -0.376 e. The molecule has 1 heterocycles. The van der Waals surface area contributed by atoms with Gasteiger partial charge in [0.15, 0.2) is 5.17 Å². The molecule has 0 unspecified atom stereocenters. The van der Waals surface area contributed by atoms with Gasteiger partial charge in [-0.05, 0) is 36.0 Å². The first-order valence-electron chi connectivity index (χ1n) is 8.50. The Morgan fingerprint density at radius 1 is 1.29 bits per heavy atom. The molecule has 0 spiro atoms. The lowest BCUT2D eigenvalue weighted by Crippen LogP contribution is -2.19. The van der Waals surface area contributed by atoms with Gasteiger partial charge in [-0.15, -0.1) is 5.10 Å². The van der Waals surface area contributed by atoms with Gasteiger partial charge in [0.25, 0.3) is 0 Å². The number of amidine groups is 1. The number of nitrogens with zero attached hydrogens (tertiary/aromatic N) is 2. The van der Waals surface area contributed by atoms with Gasteiger partial charge in [-0.1, -0.05) is 49.2 Å². The number of hydrogen-bond donors (Lipinski definition) is 1. The molecule has 128 valence electrons. The number of thioether (sulfide) groups is 1. The fourth-order valence-corrected chi connectivity index (χ4v) is 3.62. The largest absolute Gasteiger partial charge is 0.376 e. The predicted molar refractivity (Wildman–Crippen MR) is 98.3 cm³/mol. The summed E-state index contributed by atoms with van der Waals surface area (Å²) in [5.74, 6) is 1.13. The zero-order chi connectivity index (χ0) is 16.6. The van der Waals surface area contributed by atoms with Gasteiger partial charge in [0.1, 0.15) is 0 Å². The smallest absolute Gasteiger partial charge is 0.236 e. The van der Waals surface area contributed by atoms with Crippen LogP contribution in [-0.2, 0) is 16.1 Å². The second-order valence-electron chi connectivity index (χ2n) is 6.25. The Hall–Kier alpha value is -1.66. The summed E-state index contributed by atoms with van der Waals surface area (Å²) in [5.41, 5.74) is 2.12. The highest BCUT2D eigenvalue weighted by atomic mass is 32.2. The van der Waals surface area contributed by atoms with Crippen molar-refractivity contribution in [2.45, 2.75) is 38.7 Å². The van der Waals surface area contributed by atoms with Gasteiger partial charge >= 0.3 is 0 Å². The van der Waals surface area contributed by atoms with Gasteiger partial charge in [0.05, 0.1) is 18.6 Å². The zero-order valence-electron chi connectivity index (χ0n) is 13.7. The maximum absolute atomic E-state index is 11.1. The Morgan fingerprint density at radius 3 is 2.96 bits per heavy atom. The van der Waals surface area contributed by atoms with Crippen LogP contribution in [0.2, 0.25) is 0 Å². The van der Waals surface area contributed by atoms with Crippen LogP contribution in [0.15, 0.2) is 34.5 Å². The maximum Gasteiger partial charge on any atom is 0.236 e. The van der Waals surface area contributed by atoms with Gasteiger partial charge in [-0.2, -0.15) is 5.10 Å². The molecule has 1 amide bonds. The summed E-state index contributed by atoms with van der Waals surface area (Å²) < 4.78 is 5.89. The van der Waals surface area contributed by atoms with Gasteiger partial charge < -0.3 is 10.1 Å². The molecule has 24 heavy (non-hydrogen) atoms. The van der Waals surface area contributed by atoms with Gasteiger partial charge in [0, 0.05) is 6.61 Å². The molecule has 1 N–H and O–H groups in total. The Labute approximate surface area is 147 Å². The second kappa shape index (κ2) is 8.99. The van der Waals surface area contributed by atoms with Crippen molar-refractivity contribution >= 4 is 29.1 Å². The first-order chi connectivity index (χ1) is 11.8. The third-order valence-corrected chi connectivity index (χ3v) is 5.10. The van der Waals surface area contributed by atoms with E-state index >= 15 is 0 Å². The molecule has 0 radical (unpaired) electrons. The number of nitrogens with one attached hydrogen (secondary N) is 1. The highest BCUT2D eigenvalue weighted by molar-refractivity contribution is 8.15. The lowest BCUT2D eigenvalue weighted by atomic mass is 9.90. The number of carbonyl (C=O) groups is 1. The van der Waals surface area contributed by atoms with E-state index in [2.05, 4.69) is 27.7 Å². The quantitative estimate of drug-likeness (QED) is 0.635. The van der Waals surface area contributed by atoms with Crippen LogP contribution >= 0.6 is 11.8 Å². The highest BCUT2D eigenvalue weighted by Gasteiger charge is 2.16. The first kappa shape index (κ1) is 17.2. The third kappa shape index (κ3) is 5.46. The monoisotopic (exact) mass is 345 g/mol. The summed E-state index contributed by atoms with van der Waals surface area (Å²) in [5, 5.41) is 11.3. The molecule has 1 aromatic rings. The summed E-state index contributed by atoms with van der Waals surface area (Å²) >= 11 is 1.37. The average molecular weight is 345 g/mol. The summed E-state index contributed by atoms with van der Waals surface area (Å²) in [4.78, 5) is 11.1. The van der Waals surface area contributed by atoms with E-state index in [0.29, 0.717) is 17.5 Å². The van der Waals surface area contributed by atoms with Crippen molar-refractivity contribution in [1.82, 2.24) is 5.32 Å². The van der Waals surface area contributed by atoms with Crippen molar-refractivity contribution in [1.29, 1.82) is 0 Å². The van der Waals surface area contributed by atoms with E-state index in [4.69, 9.17) is 4.74 Å². The van der Waals surface area contributed by atoms with Crippen LogP contribution < -0.4 is 5.32 Å². The van der Waals surface area contributed by atoms with E-state index in [-0.39, 0.29) is 5.91 Å². The Kier molecular flexibility index (Phi) is 6.43. The molecule has 1 aliphatic heterocycles. The molecule has 0 atom stereocenters. The van der Waals surface area contributed by atoms with E-state index in [1.54, 1.807) is 6.21 Å². The van der Waals surface area contributed by atoms with Crippen LogP contribution in [0.25, 0.3) is 0 Å². The molecule has 6 heteroatoms. The van der Waals surface area contributed by atoms with E-state index < -0.39 is 0 Å². The molecule has 1 aromatic carbocycles. The Bertz CT molecular complexity index is 624. The molecular weight excluding hydrogens is 322 g/mol. The first-order valence-corrected chi connectivity index (χ1v) is 9.48. The fraction of sp³-hybridized carbons (Fsp3) is 0.500. The number of hydrogen-bond acceptors (Lipinski definition) is 5. The van der Waals surface area contributed by atoms with Crippen molar-refractivity contribution in [2.24, 2.45) is 16.1 Å². The van der Waals surface area contributed by atoms with Gasteiger partial charge in [-0.3, -0.25) is 4.79 Å². The van der Waals surface area contributed by atoms with Crippen molar-refractivity contribution in [2.75, 3.05) is 12.4 Å². The van der Waals surface area contributed by atoms with Crippen LogP contribution in [0.4, 0.5) is 0 Å². The van der Waals surface area contributed by atoms with Crippen LogP contribution in [0.1, 0.15) is 43.2 Å². The van der Waals surface area contributed by atoms with E-state index in [1.807, 2.05) is 12.1 Å². The van der Waals surface area contributed by atoms with Crippen LogP contribution in [-0.4, -0.2) is 29.6 Å². The van der Waals surface area contributed by atoms with Gasteiger partial charge in [0.2, 0.25) is 5.91 Å². The minimum atomic E-state index is -0.0222. The van der Waals surface area contributed by atoms with Crippen molar-refractivity contribution in [3.8, 4) is 0 Å². The summed E-state index contributed by atoms with van der Waals surface area (Å²) in [6.07, 6.45) is 8.39. The van der Waals surface area contributed by atoms with E-state index in [9.17, 15) is 4.79 Å². The predicted octanol–water partition coefficient (Wildman–Crippen LogP) is 3.34. The van der Waals surface area contributed by atoms with Crippen LogP contribution in [0.5, 0.6) is 0 Å². The molecule has 3 rings (SSSR count). The topological polar surface area (TPSA) is 63.0 Å². The number of benzene rings is 1. The molecule has 1 aliphatic carbocycles. The molecular formula is C18H23N3O2S. The molecule has 1 saturated carbocycles. The molecule has 2 fully saturated rings. The molecule has 2 aliphatic rings. The fourth-order valence-electron chi connectivity index (χ4n) is 2.99. The number of carbonyl (C=O) groups excluding carboxylic acids is 1. The number of rotatable bonds is 6. The molecule has 0 bridgehead atoms. The SMILES string of the molecule is O=C1CSC(=NN=Cc2cccc(COCC3CCCCC3)c2)N1. The number of amides is 1.